The van der Waals surface area contributed by atoms with E-state index in [-0.39, 0.29) is 47.1 Å². The minimum atomic E-state index is -0.632. The Hall–Kier alpha value is -4.58. The Bertz CT molecular complexity index is 1300. The average molecular weight is 453 g/mol. The first-order valence-electron chi connectivity index (χ1n) is 10.7. The van der Waals surface area contributed by atoms with Gasteiger partial charge in [-0.15, -0.1) is 0 Å². The van der Waals surface area contributed by atoms with Crippen molar-refractivity contribution in [3.63, 3.8) is 0 Å². The first-order valence-corrected chi connectivity index (χ1v) is 10.7. The van der Waals surface area contributed by atoms with Gasteiger partial charge in [0.25, 0.3) is 0 Å². The minimum absolute atomic E-state index is 0.00439. The van der Waals surface area contributed by atoms with Gasteiger partial charge in [-0.25, -0.2) is 4.79 Å². The Morgan fingerprint density at radius 1 is 0.676 bits per heavy atom. The van der Waals surface area contributed by atoms with Gasteiger partial charge in [0.05, 0.1) is 22.4 Å². The lowest BCUT2D eigenvalue weighted by molar-refractivity contribution is 0.0473. The van der Waals surface area contributed by atoms with Gasteiger partial charge in [0, 0.05) is 0 Å². The number of esters is 1. The summed E-state index contributed by atoms with van der Waals surface area (Å²) in [5, 5.41) is 10.2. The van der Waals surface area contributed by atoms with Crippen molar-refractivity contribution in [3.05, 3.63) is 125 Å². The molecule has 0 saturated heterocycles. The number of carbonyl (C=O) groups is 2. The maximum atomic E-state index is 13.2. The second kappa shape index (κ2) is 10.4. The summed E-state index contributed by atoms with van der Waals surface area (Å²) >= 11 is 0. The number of anilines is 1. The van der Waals surface area contributed by atoms with E-state index in [0.29, 0.717) is 0 Å². The van der Waals surface area contributed by atoms with Crippen LogP contribution in [0.1, 0.15) is 37.4 Å². The van der Waals surface area contributed by atoms with E-state index < -0.39 is 11.8 Å². The van der Waals surface area contributed by atoms with Crippen molar-refractivity contribution in [2.75, 3.05) is 5.73 Å². The number of rotatable bonds is 8. The van der Waals surface area contributed by atoms with Gasteiger partial charge in [0.1, 0.15) is 19.0 Å². The molecule has 0 aliphatic carbocycles. The van der Waals surface area contributed by atoms with Gasteiger partial charge < -0.3 is 20.3 Å². The molecule has 0 aliphatic rings. The van der Waals surface area contributed by atoms with Crippen LogP contribution in [0.5, 0.6) is 11.5 Å². The molecule has 4 aromatic carbocycles. The topological polar surface area (TPSA) is 98.9 Å². The average Bonchev–Trinajstić information content (AvgIpc) is 2.87. The summed E-state index contributed by atoms with van der Waals surface area (Å²) in [6, 6.07) is 27.8. The summed E-state index contributed by atoms with van der Waals surface area (Å²) in [5.41, 5.74) is 8.35. The molecule has 4 aromatic rings. The number of para-hydroxylation sites is 1. The van der Waals surface area contributed by atoms with Gasteiger partial charge in [-0.05, 0) is 35.4 Å². The van der Waals surface area contributed by atoms with Gasteiger partial charge in [0.2, 0.25) is 5.78 Å². The molecule has 0 amide bonds. The lowest BCUT2D eigenvalue weighted by Crippen LogP contribution is -2.13. The molecule has 3 N–H and O–H groups in total. The fraction of sp³-hybridized carbons (Fsp3) is 0.0714. The minimum Gasteiger partial charge on any atom is -0.507 e. The fourth-order valence-electron chi connectivity index (χ4n) is 3.45. The van der Waals surface area contributed by atoms with E-state index in [1.165, 1.54) is 24.3 Å². The molecule has 0 atom stereocenters. The van der Waals surface area contributed by atoms with Crippen LogP contribution in [0.25, 0.3) is 0 Å². The number of nitrogen functional groups attached to an aromatic ring is 1. The summed E-state index contributed by atoms with van der Waals surface area (Å²) in [5.74, 6) is -1.21. The third-order valence-electron chi connectivity index (χ3n) is 5.25. The lowest BCUT2D eigenvalue weighted by atomic mass is 9.98. The Morgan fingerprint density at radius 2 is 1.24 bits per heavy atom. The largest absolute Gasteiger partial charge is 0.507 e. The molecular formula is C28H23NO5. The molecule has 0 heterocycles. The highest BCUT2D eigenvalue weighted by Gasteiger charge is 2.24. The van der Waals surface area contributed by atoms with Crippen LogP contribution in [0.2, 0.25) is 0 Å². The van der Waals surface area contributed by atoms with Gasteiger partial charge in [-0.1, -0.05) is 72.8 Å². The lowest BCUT2D eigenvalue weighted by Gasteiger charge is -2.16. The molecule has 0 saturated carbocycles. The number of aromatic hydroxyl groups is 1. The van der Waals surface area contributed by atoms with E-state index >= 15 is 0 Å². The third kappa shape index (κ3) is 5.07. The van der Waals surface area contributed by atoms with Crippen LogP contribution in [0.4, 0.5) is 5.69 Å². The molecule has 0 fully saturated rings. The standard InChI is InChI=1S/C28H23NO5/c29-25-22(28(32)34-18-20-11-5-2-6-12-20)15-16-23(26(31)21-13-7-8-14-24(21)30)27(25)33-17-19-9-3-1-4-10-19/h1-16,30H,17-18,29H2. The number of benzene rings is 4. The first kappa shape index (κ1) is 22.6. The number of hydrogen-bond acceptors (Lipinski definition) is 6. The molecule has 0 radical (unpaired) electrons. The molecule has 4 rings (SSSR count). The maximum Gasteiger partial charge on any atom is 0.340 e. The molecular weight excluding hydrogens is 430 g/mol. The number of carbonyl (C=O) groups excluding carboxylic acids is 2. The second-order valence-corrected chi connectivity index (χ2v) is 7.59. The summed E-state index contributed by atoms with van der Waals surface area (Å²) in [6.45, 7) is 0.215. The van der Waals surface area contributed by atoms with E-state index in [1.807, 2.05) is 60.7 Å². The smallest absolute Gasteiger partial charge is 0.340 e. The number of ether oxygens (including phenoxy) is 2. The Balaban J connectivity index is 1.66. The second-order valence-electron chi connectivity index (χ2n) is 7.59. The quantitative estimate of drug-likeness (QED) is 0.218. The van der Waals surface area contributed by atoms with Crippen LogP contribution in [0.3, 0.4) is 0 Å². The van der Waals surface area contributed by atoms with Crippen molar-refractivity contribution in [1.82, 2.24) is 0 Å². The monoisotopic (exact) mass is 453 g/mol. The van der Waals surface area contributed by atoms with Crippen molar-refractivity contribution < 1.29 is 24.2 Å². The summed E-state index contributed by atoms with van der Waals surface area (Å²) in [7, 11) is 0. The third-order valence-corrected chi connectivity index (χ3v) is 5.25. The SMILES string of the molecule is Nc1c(C(=O)OCc2ccccc2)ccc(C(=O)c2ccccc2O)c1OCc1ccccc1. The van der Waals surface area contributed by atoms with Crippen molar-refractivity contribution in [2.45, 2.75) is 13.2 Å². The maximum absolute atomic E-state index is 13.2. The normalized spacial score (nSPS) is 10.5. The Kier molecular flexibility index (Phi) is 6.89. The van der Waals surface area contributed by atoms with E-state index in [0.717, 1.165) is 11.1 Å². The van der Waals surface area contributed by atoms with Crippen molar-refractivity contribution in [3.8, 4) is 11.5 Å². The van der Waals surface area contributed by atoms with Crippen LogP contribution in [0.15, 0.2) is 97.1 Å². The zero-order valence-electron chi connectivity index (χ0n) is 18.3. The summed E-state index contributed by atoms with van der Waals surface area (Å²) < 4.78 is 11.4. The van der Waals surface area contributed by atoms with Crippen molar-refractivity contribution >= 4 is 17.4 Å². The zero-order chi connectivity index (χ0) is 23.9. The van der Waals surface area contributed by atoms with E-state index in [1.54, 1.807) is 12.1 Å². The van der Waals surface area contributed by atoms with Gasteiger partial charge in [0.15, 0.2) is 5.75 Å². The predicted octanol–water partition coefficient (Wildman–Crippen LogP) is 5.14. The number of phenols is 1. The predicted molar refractivity (Wildman–Crippen MR) is 129 cm³/mol. The summed E-state index contributed by atoms with van der Waals surface area (Å²) in [6.07, 6.45) is 0. The molecule has 34 heavy (non-hydrogen) atoms. The van der Waals surface area contributed by atoms with Gasteiger partial charge >= 0.3 is 5.97 Å². The van der Waals surface area contributed by atoms with Crippen LogP contribution in [-0.4, -0.2) is 16.9 Å². The Morgan fingerprint density at radius 3 is 1.88 bits per heavy atom. The van der Waals surface area contributed by atoms with Crippen molar-refractivity contribution in [2.24, 2.45) is 0 Å². The molecule has 0 spiro atoms. The Labute approximate surface area is 197 Å². The van der Waals surface area contributed by atoms with E-state index in [9.17, 15) is 14.7 Å². The first-order chi connectivity index (χ1) is 16.5. The molecule has 0 bridgehead atoms. The van der Waals surface area contributed by atoms with Gasteiger partial charge in [-0.2, -0.15) is 0 Å². The highest BCUT2D eigenvalue weighted by Crippen LogP contribution is 2.34. The van der Waals surface area contributed by atoms with Crippen LogP contribution < -0.4 is 10.5 Å². The highest BCUT2D eigenvalue weighted by atomic mass is 16.5. The van der Waals surface area contributed by atoms with Crippen molar-refractivity contribution in [1.29, 1.82) is 0 Å². The number of hydrogen-bond donors (Lipinski definition) is 2. The van der Waals surface area contributed by atoms with Crippen LogP contribution in [-0.2, 0) is 18.0 Å². The molecule has 6 nitrogen and oxygen atoms in total. The van der Waals surface area contributed by atoms with E-state index in [2.05, 4.69) is 0 Å². The van der Waals surface area contributed by atoms with Gasteiger partial charge in [-0.3, -0.25) is 4.79 Å². The molecule has 170 valence electrons. The molecule has 0 unspecified atom stereocenters. The number of nitrogens with two attached hydrogens (primary N) is 1. The van der Waals surface area contributed by atoms with Crippen LogP contribution in [0, 0.1) is 0 Å². The fourth-order valence-corrected chi connectivity index (χ4v) is 3.45. The molecule has 0 aromatic heterocycles. The van der Waals surface area contributed by atoms with Crippen LogP contribution >= 0.6 is 0 Å². The highest BCUT2D eigenvalue weighted by molar-refractivity contribution is 6.14. The zero-order valence-corrected chi connectivity index (χ0v) is 18.3. The number of phenolic OH excluding ortho intramolecular Hbond substituents is 1. The molecule has 6 heteroatoms. The molecule has 0 aliphatic heterocycles. The number of ketones is 1. The van der Waals surface area contributed by atoms with E-state index in [4.69, 9.17) is 15.2 Å². The summed E-state index contributed by atoms with van der Waals surface area (Å²) in [4.78, 5) is 26.0.